The van der Waals surface area contributed by atoms with Crippen LogP contribution in [0.3, 0.4) is 0 Å². The molecule has 0 aliphatic carbocycles. The lowest BCUT2D eigenvalue weighted by atomic mass is 10.1. The van der Waals surface area contributed by atoms with Crippen molar-refractivity contribution in [3.05, 3.63) is 421 Å². The van der Waals surface area contributed by atoms with Crippen LogP contribution < -0.4 is 9.47 Å². The molecule has 0 radical (unpaired) electrons. The smallest absolute Gasteiger partial charge is 0.335 e. The van der Waals surface area contributed by atoms with Gasteiger partial charge in [-0.15, -0.1) is 0 Å². The molecule has 0 unspecified atom stereocenters. The first-order valence-electron chi connectivity index (χ1n) is 39.9. The van der Waals surface area contributed by atoms with Crippen LogP contribution in [0.15, 0.2) is 371 Å². The number of benzene rings is 12. The first-order valence-corrected chi connectivity index (χ1v) is 39.9. The Balaban J connectivity index is 0.000000131. The number of ether oxygens (including phenoxy) is 2. The fraction of sp³-hybridized carbons (Fsp3) is 0.0588. The molecule has 6 N–H and O–H groups in total. The van der Waals surface area contributed by atoms with E-state index in [1.54, 1.807) is 188 Å². The molecular formula is C102H84N12O14. The van der Waals surface area contributed by atoms with E-state index < -0.39 is 35.8 Å². The summed E-state index contributed by atoms with van der Waals surface area (Å²) in [5.74, 6) is -4.02. The monoisotopic (exact) mass is 1700 g/mol. The van der Waals surface area contributed by atoms with Crippen LogP contribution >= 0.6 is 0 Å². The molecule has 0 saturated heterocycles. The molecule has 128 heavy (non-hydrogen) atoms. The fourth-order valence-electron chi connectivity index (χ4n) is 12.9. The van der Waals surface area contributed by atoms with Crippen molar-refractivity contribution in [3.8, 4) is 113 Å². The summed E-state index contributed by atoms with van der Waals surface area (Å²) in [6.07, 6.45) is 15.7. The van der Waals surface area contributed by atoms with Gasteiger partial charge in [0.25, 0.3) is 0 Å². The molecule has 0 atom stereocenters. The van der Waals surface area contributed by atoms with Gasteiger partial charge in [-0.05, 0) is 243 Å². The summed E-state index contributed by atoms with van der Waals surface area (Å²) < 4.78 is 20.8. The van der Waals surface area contributed by atoms with E-state index in [0.29, 0.717) is 0 Å². The summed E-state index contributed by atoms with van der Waals surface area (Å²) >= 11 is 0. The fourth-order valence-corrected chi connectivity index (χ4v) is 12.9. The van der Waals surface area contributed by atoms with E-state index in [1.807, 2.05) is 227 Å². The van der Waals surface area contributed by atoms with Crippen LogP contribution in [-0.2, 0) is 6.42 Å². The summed E-state index contributed by atoms with van der Waals surface area (Å²) in [7, 11) is 3.26. The molecule has 18 aromatic rings. The van der Waals surface area contributed by atoms with Crippen molar-refractivity contribution in [2.75, 3.05) is 14.2 Å². The van der Waals surface area contributed by atoms with Gasteiger partial charge in [0.15, 0.2) is 0 Å². The van der Waals surface area contributed by atoms with Crippen molar-refractivity contribution >= 4 is 35.8 Å². The molecule has 6 heterocycles. The molecule has 0 fully saturated rings. The molecule has 18 rings (SSSR count). The molecule has 12 aromatic carbocycles. The van der Waals surface area contributed by atoms with Crippen LogP contribution in [0.1, 0.15) is 85.8 Å². The molecule has 26 heteroatoms. The Morgan fingerprint density at radius 2 is 0.594 bits per heavy atom. The summed E-state index contributed by atoms with van der Waals surface area (Å²) in [6, 6.07) is 97.5. The van der Waals surface area contributed by atoms with Crippen LogP contribution in [0.25, 0.3) is 101 Å². The van der Waals surface area contributed by atoms with Crippen molar-refractivity contribution in [3.63, 3.8) is 0 Å². The van der Waals surface area contributed by atoms with Crippen LogP contribution in [0.4, 0.5) is 0 Å². The number of nitrogens with zero attached hydrogens (tertiary/aromatic N) is 12. The van der Waals surface area contributed by atoms with Gasteiger partial charge in [0.2, 0.25) is 0 Å². The number of aryl methyl sites for hydroxylation is 3. The molecule has 0 aliphatic rings. The Morgan fingerprint density at radius 3 is 1.02 bits per heavy atom. The Bertz CT molecular complexity index is 6840. The summed E-state index contributed by atoms with van der Waals surface area (Å²) in [6.45, 7) is 6.20. The molecule has 26 nitrogen and oxygen atoms in total. The summed E-state index contributed by atoms with van der Waals surface area (Å²) in [5, 5.41) is 80.5. The summed E-state index contributed by atoms with van der Waals surface area (Å²) in [4.78, 5) is 65.5. The largest absolute Gasteiger partial charge is 0.497 e. The van der Waals surface area contributed by atoms with Gasteiger partial charge < -0.3 is 40.1 Å². The minimum Gasteiger partial charge on any atom is -0.497 e. The van der Waals surface area contributed by atoms with Gasteiger partial charge >= 0.3 is 35.8 Å². The van der Waals surface area contributed by atoms with Crippen molar-refractivity contribution in [2.24, 2.45) is 0 Å². The maximum atomic E-state index is 11.1. The third-order valence-electron chi connectivity index (χ3n) is 20.0. The highest BCUT2D eigenvalue weighted by Gasteiger charge is 2.15. The predicted molar refractivity (Wildman–Crippen MR) is 488 cm³/mol. The zero-order valence-electron chi connectivity index (χ0n) is 69.7. The van der Waals surface area contributed by atoms with Crippen molar-refractivity contribution in [2.45, 2.75) is 27.2 Å². The Labute approximate surface area is 734 Å². The topological polar surface area (TPSA) is 349 Å². The molecule has 0 amide bonds. The number of hydrogen-bond donors (Lipinski definition) is 6. The van der Waals surface area contributed by atoms with E-state index in [1.165, 1.54) is 16.7 Å². The van der Waals surface area contributed by atoms with Gasteiger partial charge in [-0.3, -0.25) is 0 Å². The second kappa shape index (κ2) is 41.7. The average Bonchev–Trinajstić information content (AvgIpc) is 1.70. The number of aromatic nitrogens is 12. The maximum absolute atomic E-state index is 11.1. The highest BCUT2D eigenvalue weighted by Crippen LogP contribution is 2.29. The molecule has 6 aromatic heterocycles. The van der Waals surface area contributed by atoms with Gasteiger partial charge in [-0.2, -0.15) is 30.6 Å². The lowest BCUT2D eigenvalue weighted by molar-refractivity contribution is 0.0686. The van der Waals surface area contributed by atoms with Crippen LogP contribution in [-0.4, -0.2) is 139 Å². The molecule has 0 spiro atoms. The Morgan fingerprint density at radius 1 is 0.266 bits per heavy atom. The predicted octanol–water partition coefficient (Wildman–Crippen LogP) is 20.6. The summed E-state index contributed by atoms with van der Waals surface area (Å²) in [5.41, 5.74) is 21.5. The van der Waals surface area contributed by atoms with E-state index >= 15 is 0 Å². The first-order chi connectivity index (χ1) is 62.0. The average molecular weight is 1700 g/mol. The Hall–Kier alpha value is -17.7. The second-order valence-electron chi connectivity index (χ2n) is 28.7. The van der Waals surface area contributed by atoms with Crippen LogP contribution in [0.5, 0.6) is 11.5 Å². The van der Waals surface area contributed by atoms with E-state index in [0.717, 1.165) is 119 Å². The third kappa shape index (κ3) is 23.1. The zero-order chi connectivity index (χ0) is 90.2. The lowest BCUT2D eigenvalue weighted by Crippen LogP contribution is -2.00. The molecule has 0 bridgehead atoms. The third-order valence-corrected chi connectivity index (χ3v) is 20.0. The quantitative estimate of drug-likeness (QED) is 0.0389. The van der Waals surface area contributed by atoms with Gasteiger partial charge in [0.1, 0.15) is 11.5 Å². The minimum absolute atomic E-state index is 0.252. The number of carboxylic acid groups (broad SMARTS) is 6. The van der Waals surface area contributed by atoms with E-state index in [-0.39, 0.29) is 33.4 Å². The van der Waals surface area contributed by atoms with Gasteiger partial charge in [-0.1, -0.05) is 133 Å². The number of methoxy groups -OCH3 is 2. The maximum Gasteiger partial charge on any atom is 0.335 e. The molecule has 0 aliphatic heterocycles. The van der Waals surface area contributed by atoms with Crippen molar-refractivity contribution in [1.29, 1.82) is 0 Å². The lowest BCUT2D eigenvalue weighted by Gasteiger charge is -2.03. The molecule has 636 valence electrons. The SMILES string of the molecule is CCc1cccc(-c2ccn(-c3cccc(C(=O)O)c3)n2)c1.COc1ccc(-c2ccn(-c3ccc(C(=O)O)cc3)n2)cc1.COc1cccc(-c2ccn(-c3ccc(C(=O)O)cc3)n2)c1.Cc1ccc(-n2cc(-c3ccc(C(=O)O)cc3)cn2)cc1.Cc1ccc(-n2cc(-c3cccc(C(=O)O)c3)cn2)cc1.O=C(O)c1ccc(-n2ccc(-c3ccccc3)n2)cc1. The minimum atomic E-state index is -0.941. The molecular weight excluding hydrogens is 1620 g/mol. The number of carbonyl (C=O) groups is 6. The normalized spacial score (nSPS) is 10.5. The zero-order valence-corrected chi connectivity index (χ0v) is 69.7. The van der Waals surface area contributed by atoms with Crippen LogP contribution in [0, 0.1) is 13.8 Å². The van der Waals surface area contributed by atoms with Gasteiger partial charge in [0, 0.05) is 70.6 Å². The highest BCUT2D eigenvalue weighted by atomic mass is 16.5. The van der Waals surface area contributed by atoms with Gasteiger partial charge in [-0.25, -0.2) is 56.9 Å². The molecule has 0 saturated carbocycles. The second-order valence-corrected chi connectivity index (χ2v) is 28.7. The van der Waals surface area contributed by atoms with E-state index in [4.69, 9.17) is 40.1 Å². The van der Waals surface area contributed by atoms with Crippen molar-refractivity contribution < 1.29 is 68.9 Å². The van der Waals surface area contributed by atoms with E-state index in [9.17, 15) is 28.8 Å². The standard InChI is InChI=1S/C18H16N2O2.2C17H14N2O3.2C17H14N2O2.C16H12N2O2/c1-2-13-5-3-6-14(11-13)17-9-10-20(19-17)16-8-4-7-15(12-16)18(21)22;1-22-15-8-4-12(5-9-15)16-10-11-19(18-16)14-6-2-13(3-7-14)17(20)21;1-22-15-4-2-3-13(11-15)16-9-10-19(18-16)14-7-5-12(6-8-14)17(20)21;1-12-2-8-16(9-3-12)19-11-15(10-18-19)13-4-6-14(7-5-13)17(20)21;1-12-5-7-16(8-6-12)19-11-15(10-18-19)13-3-2-4-14(9-13)17(20)21;19-16(20)13-6-8-14(9-7-13)18-11-10-15(17-18)12-4-2-1-3-5-12/h3-12H,2H2,1H3,(H,21,22);2*2-11H,1H3,(H,20,21);2*2-11H,1H3,(H,20,21);1-11H,(H,19,20). The first kappa shape index (κ1) is 88.1. The number of aromatic carboxylic acids is 6. The Kier molecular flexibility index (Phi) is 28.7. The van der Waals surface area contributed by atoms with Gasteiger partial charge in [0.05, 0.1) is 117 Å². The number of rotatable bonds is 21. The van der Waals surface area contributed by atoms with Crippen molar-refractivity contribution in [1.82, 2.24) is 58.7 Å². The number of carboxylic acids is 6. The number of hydrogen-bond acceptors (Lipinski definition) is 14. The van der Waals surface area contributed by atoms with Crippen LogP contribution in [0.2, 0.25) is 0 Å². The highest BCUT2D eigenvalue weighted by molar-refractivity contribution is 5.91. The van der Waals surface area contributed by atoms with E-state index in [2.05, 4.69) is 49.6 Å².